The molecule has 0 fully saturated rings. The van der Waals surface area contributed by atoms with Gasteiger partial charge in [-0.15, -0.1) is 0 Å². The van der Waals surface area contributed by atoms with E-state index in [1.54, 1.807) is 19.1 Å². The number of nitrogens with zero attached hydrogens (tertiary/aromatic N) is 1. The molecular weight excluding hydrogens is 268 g/mol. The van der Waals surface area contributed by atoms with Crippen molar-refractivity contribution < 1.29 is 17.9 Å². The topological polar surface area (TPSA) is 96.3 Å². The zero-order valence-corrected chi connectivity index (χ0v) is 11.4. The van der Waals surface area contributed by atoms with E-state index >= 15 is 0 Å². The van der Waals surface area contributed by atoms with Crippen LogP contribution in [0, 0.1) is 11.3 Å². The number of ether oxygens (including phenoxy) is 1. The van der Waals surface area contributed by atoms with Gasteiger partial charge >= 0.3 is 5.97 Å². The predicted octanol–water partition coefficient (Wildman–Crippen LogP) is 0.765. The number of hydrogen-bond acceptors (Lipinski definition) is 5. The van der Waals surface area contributed by atoms with Crippen LogP contribution < -0.4 is 4.72 Å². The molecular formula is C12H14N2O4S. The second-order valence-electron chi connectivity index (χ2n) is 3.56. The number of sulfonamides is 1. The highest BCUT2D eigenvalue weighted by atomic mass is 32.2. The Hall–Kier alpha value is -1.91. The molecule has 19 heavy (non-hydrogen) atoms. The summed E-state index contributed by atoms with van der Waals surface area (Å²) in [5.74, 6) is -2.02. The molecule has 0 aliphatic carbocycles. The molecule has 102 valence electrons. The lowest BCUT2D eigenvalue weighted by Crippen LogP contribution is -2.23. The van der Waals surface area contributed by atoms with Gasteiger partial charge in [-0.05, 0) is 20.0 Å². The summed E-state index contributed by atoms with van der Waals surface area (Å²) in [5.41, 5.74) is 0.109. The minimum absolute atomic E-state index is 0.0999. The molecule has 0 aromatic heterocycles. The number of hydrogen-bond donors (Lipinski definition) is 1. The van der Waals surface area contributed by atoms with Crippen molar-refractivity contribution in [1.82, 2.24) is 4.72 Å². The lowest BCUT2D eigenvalue weighted by atomic mass is 10.0. The van der Waals surface area contributed by atoms with Gasteiger partial charge in [0.05, 0.1) is 17.6 Å². The fourth-order valence-electron chi connectivity index (χ4n) is 1.55. The van der Waals surface area contributed by atoms with Crippen LogP contribution in [0.2, 0.25) is 0 Å². The van der Waals surface area contributed by atoms with E-state index in [1.165, 1.54) is 25.2 Å². The first-order valence-electron chi connectivity index (χ1n) is 5.56. The lowest BCUT2D eigenvalue weighted by Gasteiger charge is -2.13. The van der Waals surface area contributed by atoms with Crippen LogP contribution in [-0.4, -0.2) is 28.0 Å². The number of carbonyl (C=O) groups is 1. The van der Waals surface area contributed by atoms with Crippen LogP contribution in [0.4, 0.5) is 0 Å². The molecule has 0 radical (unpaired) electrons. The van der Waals surface area contributed by atoms with Gasteiger partial charge in [-0.25, -0.2) is 13.1 Å². The molecule has 1 unspecified atom stereocenters. The van der Waals surface area contributed by atoms with Crippen LogP contribution >= 0.6 is 0 Å². The van der Waals surface area contributed by atoms with E-state index < -0.39 is 21.9 Å². The fraction of sp³-hybridized carbons (Fsp3) is 0.333. The van der Waals surface area contributed by atoms with Gasteiger partial charge in [0, 0.05) is 5.56 Å². The van der Waals surface area contributed by atoms with Crippen LogP contribution in [-0.2, 0) is 19.6 Å². The van der Waals surface area contributed by atoms with Gasteiger partial charge in [-0.2, -0.15) is 5.26 Å². The van der Waals surface area contributed by atoms with E-state index in [-0.39, 0.29) is 17.1 Å². The summed E-state index contributed by atoms with van der Waals surface area (Å²) in [7, 11) is -2.48. The average molecular weight is 282 g/mol. The smallest absolute Gasteiger partial charge is 0.327 e. The van der Waals surface area contributed by atoms with Crippen molar-refractivity contribution in [2.24, 2.45) is 0 Å². The van der Waals surface area contributed by atoms with Gasteiger partial charge in [-0.1, -0.05) is 18.2 Å². The molecule has 0 amide bonds. The number of rotatable bonds is 5. The van der Waals surface area contributed by atoms with E-state index in [0.29, 0.717) is 0 Å². The number of carbonyl (C=O) groups excluding carboxylic acids is 1. The SMILES string of the molecule is CCOC(=O)C(C#N)c1ccccc1S(=O)(=O)NC. The summed E-state index contributed by atoms with van der Waals surface area (Å²) >= 11 is 0. The highest BCUT2D eigenvalue weighted by Gasteiger charge is 2.28. The van der Waals surface area contributed by atoms with Gasteiger partial charge in [-0.3, -0.25) is 4.79 Å². The minimum atomic E-state index is -3.74. The minimum Gasteiger partial charge on any atom is -0.465 e. The number of benzene rings is 1. The molecule has 0 spiro atoms. The molecule has 1 N–H and O–H groups in total. The normalized spacial score (nSPS) is 12.5. The maximum Gasteiger partial charge on any atom is 0.327 e. The van der Waals surface area contributed by atoms with Crippen molar-refractivity contribution in [3.8, 4) is 6.07 Å². The van der Waals surface area contributed by atoms with E-state index in [2.05, 4.69) is 4.72 Å². The molecule has 0 heterocycles. The van der Waals surface area contributed by atoms with Crippen molar-refractivity contribution >= 4 is 16.0 Å². The van der Waals surface area contributed by atoms with Crippen LogP contribution in [0.1, 0.15) is 18.4 Å². The molecule has 1 aromatic rings. The van der Waals surface area contributed by atoms with Crippen molar-refractivity contribution in [2.75, 3.05) is 13.7 Å². The molecule has 0 bridgehead atoms. The van der Waals surface area contributed by atoms with Crippen LogP contribution in [0.3, 0.4) is 0 Å². The molecule has 6 nitrogen and oxygen atoms in total. The van der Waals surface area contributed by atoms with E-state index in [9.17, 15) is 13.2 Å². The molecule has 0 saturated carbocycles. The number of esters is 1. The Morgan fingerprint density at radius 3 is 2.63 bits per heavy atom. The molecule has 0 saturated heterocycles. The van der Waals surface area contributed by atoms with Gasteiger partial charge in [0.15, 0.2) is 5.92 Å². The molecule has 1 rings (SSSR count). The maximum absolute atomic E-state index is 11.8. The van der Waals surface area contributed by atoms with E-state index in [4.69, 9.17) is 10.00 Å². The monoisotopic (exact) mass is 282 g/mol. The summed E-state index contributed by atoms with van der Waals surface area (Å²) in [6.45, 7) is 1.74. The van der Waals surface area contributed by atoms with Gasteiger partial charge in [0.2, 0.25) is 10.0 Å². The highest BCUT2D eigenvalue weighted by Crippen LogP contribution is 2.24. The first kappa shape index (κ1) is 15.1. The summed E-state index contributed by atoms with van der Waals surface area (Å²) in [5, 5.41) is 9.07. The Labute approximate surface area is 112 Å². The van der Waals surface area contributed by atoms with Crippen LogP contribution in [0.25, 0.3) is 0 Å². The Kier molecular flexibility index (Phi) is 5.03. The van der Waals surface area contributed by atoms with Crippen LogP contribution in [0.5, 0.6) is 0 Å². The third-order valence-electron chi connectivity index (χ3n) is 2.44. The van der Waals surface area contributed by atoms with E-state index in [0.717, 1.165) is 0 Å². The van der Waals surface area contributed by atoms with Crippen molar-refractivity contribution in [1.29, 1.82) is 5.26 Å². The predicted molar refractivity (Wildman–Crippen MR) is 67.7 cm³/mol. The first-order chi connectivity index (χ1) is 8.97. The summed E-state index contributed by atoms with van der Waals surface area (Å²) in [6, 6.07) is 7.62. The number of nitrogens with one attached hydrogen (secondary N) is 1. The molecule has 7 heteroatoms. The second-order valence-corrected chi connectivity index (χ2v) is 5.41. The first-order valence-corrected chi connectivity index (χ1v) is 7.05. The standard InChI is InChI=1S/C12H14N2O4S/c1-3-18-12(15)10(8-13)9-6-4-5-7-11(9)19(16,17)14-2/h4-7,10,14H,3H2,1-2H3. The fourth-order valence-corrected chi connectivity index (χ4v) is 2.52. The Morgan fingerprint density at radius 2 is 2.11 bits per heavy atom. The molecule has 1 aromatic carbocycles. The van der Waals surface area contributed by atoms with Crippen molar-refractivity contribution in [2.45, 2.75) is 17.7 Å². The zero-order valence-electron chi connectivity index (χ0n) is 10.6. The van der Waals surface area contributed by atoms with Crippen molar-refractivity contribution in [3.63, 3.8) is 0 Å². The van der Waals surface area contributed by atoms with Gasteiger partial charge in [0.1, 0.15) is 0 Å². The molecule has 1 atom stereocenters. The Morgan fingerprint density at radius 1 is 1.47 bits per heavy atom. The molecule has 0 aliphatic heterocycles. The van der Waals surface area contributed by atoms with Gasteiger partial charge in [0.25, 0.3) is 0 Å². The summed E-state index contributed by atoms with van der Waals surface area (Å²) < 4.78 is 30.6. The second kappa shape index (κ2) is 6.31. The van der Waals surface area contributed by atoms with Crippen LogP contribution in [0.15, 0.2) is 29.2 Å². The highest BCUT2D eigenvalue weighted by molar-refractivity contribution is 7.89. The summed E-state index contributed by atoms with van der Waals surface area (Å²) in [4.78, 5) is 11.6. The largest absolute Gasteiger partial charge is 0.465 e. The summed E-state index contributed by atoms with van der Waals surface area (Å²) in [6.07, 6.45) is 0. The van der Waals surface area contributed by atoms with Gasteiger partial charge < -0.3 is 4.74 Å². The quantitative estimate of drug-likeness (QED) is 0.804. The lowest BCUT2D eigenvalue weighted by molar-refractivity contribution is -0.143. The Bertz CT molecular complexity index is 604. The number of nitriles is 1. The zero-order chi connectivity index (χ0) is 14.5. The average Bonchev–Trinajstić information content (AvgIpc) is 2.40. The van der Waals surface area contributed by atoms with E-state index in [1.807, 2.05) is 0 Å². The molecule has 0 aliphatic rings. The third-order valence-corrected chi connectivity index (χ3v) is 3.93. The third kappa shape index (κ3) is 3.30. The maximum atomic E-state index is 11.8. The Balaban J connectivity index is 3.35. The van der Waals surface area contributed by atoms with Crippen molar-refractivity contribution in [3.05, 3.63) is 29.8 Å².